The Morgan fingerprint density at radius 1 is 1.17 bits per heavy atom. The largest absolute Gasteiger partial charge is 0.444 e. The van der Waals surface area contributed by atoms with E-state index in [2.05, 4.69) is 22.3 Å². The lowest BCUT2D eigenvalue weighted by atomic mass is 10.1. The summed E-state index contributed by atoms with van der Waals surface area (Å²) in [6.45, 7) is 10.0. The lowest BCUT2D eigenvalue weighted by molar-refractivity contribution is -0.140. The van der Waals surface area contributed by atoms with Crippen molar-refractivity contribution in [2.75, 3.05) is 6.54 Å². The first-order chi connectivity index (χ1) is 18.9. The Bertz CT molecular complexity index is 1160. The third-order valence-corrected chi connectivity index (χ3v) is 10.1. The Balaban J connectivity index is 1.74. The van der Waals surface area contributed by atoms with Crippen LogP contribution in [0.1, 0.15) is 92.9 Å². The molecule has 0 bridgehead atoms. The second-order valence-electron chi connectivity index (χ2n) is 12.8. The molecule has 0 aromatic rings. The maximum Gasteiger partial charge on any atom is 0.408 e. The standard InChI is InChI=1S/C28H46N4O8S/c1-7-8-9-10-11-12-19-16-28(19,24(36)31-41(38,39)27(6)13-14-27)30-22(34)21-15-20(33)17-32(21)23(35)18(2)29-25(37)40-26(3,4)5/h11-12,18-21,33H,7-10,13-17H2,1-6H3,(H,29,37)(H,30,34)(H,31,36)/b12-11-/t18-,19+,20+,21-,28+/m0/s1. The summed E-state index contributed by atoms with van der Waals surface area (Å²) < 4.78 is 32.0. The van der Waals surface area contributed by atoms with Crippen molar-refractivity contribution >= 4 is 33.8 Å². The van der Waals surface area contributed by atoms with Gasteiger partial charge in [0.25, 0.3) is 5.91 Å². The van der Waals surface area contributed by atoms with Gasteiger partial charge in [0.05, 0.1) is 10.9 Å². The highest BCUT2D eigenvalue weighted by atomic mass is 32.2. The van der Waals surface area contributed by atoms with Gasteiger partial charge in [0, 0.05) is 18.9 Å². The van der Waals surface area contributed by atoms with Crippen LogP contribution in [0.15, 0.2) is 12.2 Å². The van der Waals surface area contributed by atoms with Crippen LogP contribution < -0.4 is 15.4 Å². The molecule has 4 amide bonds. The Morgan fingerprint density at radius 2 is 1.83 bits per heavy atom. The van der Waals surface area contributed by atoms with Gasteiger partial charge in [-0.25, -0.2) is 13.2 Å². The number of aliphatic hydroxyl groups is 1. The molecular formula is C28H46N4O8S. The highest BCUT2D eigenvalue weighted by Crippen LogP contribution is 2.47. The normalized spacial score (nSPS) is 27.7. The van der Waals surface area contributed by atoms with Gasteiger partial charge in [-0.15, -0.1) is 0 Å². The first kappa shape index (κ1) is 32.8. The van der Waals surface area contributed by atoms with Crippen LogP contribution in [-0.2, 0) is 29.1 Å². The summed E-state index contributed by atoms with van der Waals surface area (Å²) in [5.41, 5.74) is -2.26. The summed E-state index contributed by atoms with van der Waals surface area (Å²) in [5.74, 6) is -2.50. The molecule has 0 aromatic carbocycles. The molecule has 0 spiro atoms. The number of amides is 4. The van der Waals surface area contributed by atoms with Crippen molar-refractivity contribution in [3.8, 4) is 0 Å². The van der Waals surface area contributed by atoms with Gasteiger partial charge in [0.2, 0.25) is 21.8 Å². The lowest BCUT2D eigenvalue weighted by Crippen LogP contribution is -2.58. The van der Waals surface area contributed by atoms with Crippen LogP contribution in [0.5, 0.6) is 0 Å². The van der Waals surface area contributed by atoms with Gasteiger partial charge in [-0.1, -0.05) is 31.9 Å². The summed E-state index contributed by atoms with van der Waals surface area (Å²) in [6, 6.07) is -2.16. The predicted octanol–water partition coefficient (Wildman–Crippen LogP) is 1.87. The van der Waals surface area contributed by atoms with Gasteiger partial charge in [-0.3, -0.25) is 19.1 Å². The molecule has 232 valence electrons. The van der Waals surface area contributed by atoms with Gasteiger partial charge >= 0.3 is 6.09 Å². The minimum Gasteiger partial charge on any atom is -0.444 e. The number of ether oxygens (including phenoxy) is 1. The van der Waals surface area contributed by atoms with Crippen molar-refractivity contribution in [3.05, 3.63) is 12.2 Å². The van der Waals surface area contributed by atoms with Crippen LogP contribution in [0.2, 0.25) is 0 Å². The first-order valence-electron chi connectivity index (χ1n) is 14.5. The van der Waals surface area contributed by atoms with E-state index in [-0.39, 0.29) is 19.4 Å². The molecule has 3 aliphatic rings. The van der Waals surface area contributed by atoms with Gasteiger partial charge in [0.1, 0.15) is 23.2 Å². The molecule has 1 saturated heterocycles. The highest BCUT2D eigenvalue weighted by molar-refractivity contribution is 7.91. The molecule has 13 heteroatoms. The van der Waals surface area contributed by atoms with Crippen molar-refractivity contribution in [1.29, 1.82) is 0 Å². The molecule has 5 atom stereocenters. The molecule has 0 aromatic heterocycles. The lowest BCUT2D eigenvalue weighted by Gasteiger charge is -2.29. The zero-order valence-corrected chi connectivity index (χ0v) is 25.8. The zero-order valence-electron chi connectivity index (χ0n) is 25.0. The fourth-order valence-corrected chi connectivity index (χ4v) is 6.25. The Labute approximate surface area is 243 Å². The molecule has 1 aliphatic heterocycles. The maximum atomic E-state index is 13.6. The first-order valence-corrected chi connectivity index (χ1v) is 16.0. The van der Waals surface area contributed by atoms with Crippen LogP contribution in [-0.4, -0.2) is 82.9 Å². The highest BCUT2D eigenvalue weighted by Gasteiger charge is 2.63. The number of aliphatic hydroxyl groups excluding tert-OH is 1. The summed E-state index contributed by atoms with van der Waals surface area (Å²) in [5, 5.41) is 15.5. The van der Waals surface area contributed by atoms with E-state index < -0.39 is 73.8 Å². The fraction of sp³-hybridized carbons (Fsp3) is 0.786. The van der Waals surface area contributed by atoms with Crippen molar-refractivity contribution in [2.45, 2.75) is 127 Å². The van der Waals surface area contributed by atoms with Gasteiger partial charge in [0.15, 0.2) is 0 Å². The number of alkyl carbamates (subject to hydrolysis) is 1. The number of rotatable bonds is 12. The van der Waals surface area contributed by atoms with Gasteiger partial charge in [-0.05, 0) is 66.7 Å². The third-order valence-electron chi connectivity index (χ3n) is 7.91. The minimum atomic E-state index is -3.94. The van der Waals surface area contributed by atoms with Crippen molar-refractivity contribution in [2.24, 2.45) is 5.92 Å². The van der Waals surface area contributed by atoms with E-state index in [4.69, 9.17) is 4.74 Å². The van der Waals surface area contributed by atoms with E-state index in [1.165, 1.54) is 11.8 Å². The monoisotopic (exact) mass is 598 g/mol. The average Bonchev–Trinajstić information content (AvgIpc) is 3.73. The Kier molecular flexibility index (Phi) is 9.84. The van der Waals surface area contributed by atoms with E-state index in [9.17, 15) is 32.7 Å². The molecule has 3 rings (SSSR count). The molecule has 2 saturated carbocycles. The molecule has 3 fully saturated rings. The van der Waals surface area contributed by atoms with E-state index in [0.29, 0.717) is 12.8 Å². The minimum absolute atomic E-state index is 0.0671. The average molecular weight is 599 g/mol. The number of β-amino-alcohol motifs (C(OH)–C–C–N with tert-alkyl or cyclic N) is 1. The SMILES string of the molecule is CCCCC/C=C\[C@@H]1C[C@]1(NC(=O)[C@@H]1C[C@@H](O)CN1C(=O)[C@H](C)NC(=O)OC(C)(C)C)C(=O)NS(=O)(=O)C1(C)CC1. The van der Waals surface area contributed by atoms with E-state index in [1.807, 2.05) is 12.2 Å². The number of carbonyl (C=O) groups excluding carboxylic acids is 4. The number of unbranched alkanes of at least 4 members (excludes halogenated alkanes) is 3. The fourth-order valence-electron chi connectivity index (χ4n) is 4.94. The number of sulfonamides is 1. The van der Waals surface area contributed by atoms with E-state index >= 15 is 0 Å². The number of nitrogens with one attached hydrogen (secondary N) is 3. The van der Waals surface area contributed by atoms with E-state index in [0.717, 1.165) is 25.7 Å². The second-order valence-corrected chi connectivity index (χ2v) is 15.0. The molecule has 0 radical (unpaired) electrons. The number of carbonyl (C=O) groups is 4. The number of likely N-dealkylation sites (tertiary alicyclic amines) is 1. The zero-order chi connectivity index (χ0) is 30.8. The Hall–Kier alpha value is -2.67. The third kappa shape index (κ3) is 8.00. The topological polar surface area (TPSA) is 171 Å². The van der Waals surface area contributed by atoms with Crippen LogP contribution >= 0.6 is 0 Å². The molecule has 41 heavy (non-hydrogen) atoms. The summed E-state index contributed by atoms with van der Waals surface area (Å²) >= 11 is 0. The molecular weight excluding hydrogens is 552 g/mol. The molecule has 0 unspecified atom stereocenters. The molecule has 2 aliphatic carbocycles. The Morgan fingerprint density at radius 3 is 2.41 bits per heavy atom. The van der Waals surface area contributed by atoms with Crippen LogP contribution in [0.4, 0.5) is 4.79 Å². The molecule has 12 nitrogen and oxygen atoms in total. The number of nitrogens with zero attached hydrogens (tertiary/aromatic N) is 1. The molecule has 4 N–H and O–H groups in total. The quantitative estimate of drug-likeness (QED) is 0.195. The van der Waals surface area contributed by atoms with Crippen LogP contribution in [0, 0.1) is 5.92 Å². The maximum absolute atomic E-state index is 13.6. The van der Waals surface area contributed by atoms with E-state index in [1.54, 1.807) is 27.7 Å². The van der Waals surface area contributed by atoms with Crippen molar-refractivity contribution in [1.82, 2.24) is 20.3 Å². The van der Waals surface area contributed by atoms with Gasteiger partial charge < -0.3 is 25.4 Å². The van der Waals surface area contributed by atoms with Gasteiger partial charge in [-0.2, -0.15) is 0 Å². The number of hydrogen-bond donors (Lipinski definition) is 4. The van der Waals surface area contributed by atoms with Crippen LogP contribution in [0.3, 0.4) is 0 Å². The summed E-state index contributed by atoms with van der Waals surface area (Å²) in [4.78, 5) is 53.5. The summed E-state index contributed by atoms with van der Waals surface area (Å²) in [7, 11) is -3.94. The predicted molar refractivity (Wildman–Crippen MR) is 152 cm³/mol. The number of allylic oxidation sites excluding steroid dienone is 1. The smallest absolute Gasteiger partial charge is 0.408 e. The molecule has 1 heterocycles. The van der Waals surface area contributed by atoms with Crippen molar-refractivity contribution in [3.63, 3.8) is 0 Å². The van der Waals surface area contributed by atoms with Crippen molar-refractivity contribution < 1.29 is 37.4 Å². The second kappa shape index (κ2) is 12.3. The number of hydrogen-bond acceptors (Lipinski definition) is 8. The van der Waals surface area contributed by atoms with Crippen LogP contribution in [0.25, 0.3) is 0 Å². The summed E-state index contributed by atoms with van der Waals surface area (Å²) in [6.07, 6.45) is 6.92.